The molecule has 0 aliphatic carbocycles. The van der Waals surface area contributed by atoms with Crippen LogP contribution in [-0.4, -0.2) is 31.3 Å². The fraction of sp³-hybridized carbons (Fsp3) is 0.174. The van der Waals surface area contributed by atoms with Crippen LogP contribution >= 0.6 is 0 Å². The third-order valence-corrected chi connectivity index (χ3v) is 4.80. The Kier molecular flexibility index (Phi) is 5.34. The average Bonchev–Trinajstić information content (AvgIpc) is 3.35. The monoisotopic (exact) mass is 405 g/mol. The molecule has 0 fully saturated rings. The van der Waals surface area contributed by atoms with E-state index in [1.807, 2.05) is 30.3 Å². The number of benzene rings is 2. The van der Waals surface area contributed by atoms with Gasteiger partial charge in [0.25, 0.3) is 0 Å². The molecule has 3 aromatic rings. The van der Waals surface area contributed by atoms with Crippen LogP contribution in [0.5, 0.6) is 5.75 Å². The molecule has 0 saturated heterocycles. The molecule has 7 heteroatoms. The minimum atomic E-state index is -0.731. The smallest absolute Gasteiger partial charge is 0.374 e. The minimum Gasteiger partial charge on any atom is -0.486 e. The van der Waals surface area contributed by atoms with Crippen molar-refractivity contribution in [1.29, 1.82) is 0 Å². The van der Waals surface area contributed by atoms with Crippen molar-refractivity contribution in [3.05, 3.63) is 83.3 Å². The molecule has 0 radical (unpaired) electrons. The Morgan fingerprint density at radius 2 is 1.87 bits per heavy atom. The minimum absolute atomic E-state index is 0.00404. The van der Waals surface area contributed by atoms with Crippen molar-refractivity contribution >= 4 is 23.3 Å². The van der Waals surface area contributed by atoms with E-state index in [0.29, 0.717) is 17.1 Å². The van der Waals surface area contributed by atoms with Crippen molar-refractivity contribution in [3.63, 3.8) is 0 Å². The van der Waals surface area contributed by atoms with Gasteiger partial charge in [0.2, 0.25) is 11.7 Å². The summed E-state index contributed by atoms with van der Waals surface area (Å²) in [5.41, 5.74) is 1.96. The maximum Gasteiger partial charge on any atom is 0.374 e. The molecule has 0 unspecified atom stereocenters. The van der Waals surface area contributed by atoms with E-state index in [0.717, 1.165) is 11.3 Å². The van der Waals surface area contributed by atoms with Crippen molar-refractivity contribution in [1.82, 2.24) is 0 Å². The number of anilines is 1. The number of nitrogens with zero attached hydrogens (tertiary/aromatic N) is 1. The first-order valence-electron chi connectivity index (χ1n) is 9.37. The van der Waals surface area contributed by atoms with E-state index in [1.165, 1.54) is 6.07 Å². The second-order valence-corrected chi connectivity index (χ2v) is 6.84. The number of Topliss-reactive ketones (excluding diaryl/α,β-unsaturated/α-hetero) is 1. The topological polar surface area (TPSA) is 86.0 Å². The molecule has 0 N–H and O–H groups in total. The first-order valence-corrected chi connectivity index (χ1v) is 9.37. The standard InChI is InChI=1S/C23H19NO6/c1-24-19-9-7-15(11-16(19)12-22(24)26)20(25)14-29-23(27)21-10-8-18(30-21)13-28-17-5-3-2-4-6-17/h2-11H,12-14H2,1H3. The van der Waals surface area contributed by atoms with Crippen LogP contribution in [-0.2, 0) is 22.6 Å². The van der Waals surface area contributed by atoms with Gasteiger partial charge < -0.3 is 18.8 Å². The molecule has 1 aromatic heterocycles. The van der Waals surface area contributed by atoms with Crippen LogP contribution in [0.2, 0.25) is 0 Å². The lowest BCUT2D eigenvalue weighted by molar-refractivity contribution is -0.117. The van der Waals surface area contributed by atoms with E-state index in [4.69, 9.17) is 13.9 Å². The highest BCUT2D eigenvalue weighted by Gasteiger charge is 2.25. The Hall–Kier alpha value is -3.87. The molecule has 1 aliphatic rings. The lowest BCUT2D eigenvalue weighted by Gasteiger charge is -2.10. The molecule has 1 amide bonds. The fourth-order valence-corrected chi connectivity index (χ4v) is 3.17. The van der Waals surface area contributed by atoms with E-state index in [2.05, 4.69) is 0 Å². The number of esters is 1. The molecule has 0 atom stereocenters. The zero-order chi connectivity index (χ0) is 21.1. The molecule has 7 nitrogen and oxygen atoms in total. The summed E-state index contributed by atoms with van der Waals surface area (Å²) >= 11 is 0. The molecule has 2 aromatic carbocycles. The highest BCUT2D eigenvalue weighted by Crippen LogP contribution is 2.28. The largest absolute Gasteiger partial charge is 0.486 e. The quantitative estimate of drug-likeness (QED) is 0.442. The van der Waals surface area contributed by atoms with Crippen molar-refractivity contribution in [2.45, 2.75) is 13.0 Å². The van der Waals surface area contributed by atoms with E-state index in [1.54, 1.807) is 36.2 Å². The van der Waals surface area contributed by atoms with Crippen LogP contribution in [0, 0.1) is 0 Å². The fourth-order valence-electron chi connectivity index (χ4n) is 3.17. The maximum absolute atomic E-state index is 12.4. The molecule has 30 heavy (non-hydrogen) atoms. The molecule has 4 rings (SSSR count). The van der Waals surface area contributed by atoms with E-state index >= 15 is 0 Å². The predicted molar refractivity (Wildman–Crippen MR) is 108 cm³/mol. The van der Waals surface area contributed by atoms with Gasteiger partial charge in [-0.15, -0.1) is 0 Å². The van der Waals surface area contributed by atoms with Gasteiger partial charge in [-0.25, -0.2) is 4.79 Å². The Morgan fingerprint density at radius 1 is 1.07 bits per heavy atom. The zero-order valence-corrected chi connectivity index (χ0v) is 16.3. The Bertz CT molecular complexity index is 1100. The van der Waals surface area contributed by atoms with Gasteiger partial charge >= 0.3 is 5.97 Å². The Labute approximate surface area is 172 Å². The van der Waals surface area contributed by atoms with Gasteiger partial charge in [0, 0.05) is 18.3 Å². The number of ketones is 1. The predicted octanol–water partition coefficient (Wildman–Crippen LogP) is 3.42. The SMILES string of the molecule is CN1C(=O)Cc2cc(C(=O)COC(=O)c3ccc(COc4ccccc4)o3)ccc21. The summed E-state index contributed by atoms with van der Waals surface area (Å²) in [6.07, 6.45) is 0.257. The summed E-state index contributed by atoms with van der Waals surface area (Å²) in [7, 11) is 1.69. The van der Waals surface area contributed by atoms with Crippen molar-refractivity contribution < 1.29 is 28.3 Å². The molecule has 0 spiro atoms. The maximum atomic E-state index is 12.4. The van der Waals surface area contributed by atoms with Gasteiger partial charge in [0.1, 0.15) is 18.1 Å². The molecular weight excluding hydrogens is 386 g/mol. The lowest BCUT2D eigenvalue weighted by atomic mass is 10.1. The van der Waals surface area contributed by atoms with Gasteiger partial charge in [-0.05, 0) is 48.0 Å². The van der Waals surface area contributed by atoms with Crippen LogP contribution in [0.15, 0.2) is 65.1 Å². The van der Waals surface area contributed by atoms with Gasteiger partial charge in [0.15, 0.2) is 12.4 Å². The molecule has 1 aliphatic heterocycles. The summed E-state index contributed by atoms with van der Waals surface area (Å²) in [4.78, 5) is 37.9. The van der Waals surface area contributed by atoms with Crippen molar-refractivity contribution in [2.75, 3.05) is 18.6 Å². The van der Waals surface area contributed by atoms with Gasteiger partial charge in [-0.2, -0.15) is 0 Å². The number of rotatable bonds is 7. The molecular formula is C23H19NO6. The second kappa shape index (κ2) is 8.24. The first-order chi connectivity index (χ1) is 14.5. The molecule has 152 valence electrons. The number of carbonyl (C=O) groups excluding carboxylic acids is 3. The normalized spacial score (nSPS) is 12.6. The van der Waals surface area contributed by atoms with Crippen LogP contribution in [0.1, 0.15) is 32.2 Å². The zero-order valence-electron chi connectivity index (χ0n) is 16.3. The van der Waals surface area contributed by atoms with Crippen LogP contribution in [0.4, 0.5) is 5.69 Å². The summed E-state index contributed by atoms with van der Waals surface area (Å²) in [6.45, 7) is -0.254. The third-order valence-electron chi connectivity index (χ3n) is 4.80. The van der Waals surface area contributed by atoms with Crippen LogP contribution in [0.25, 0.3) is 0 Å². The number of para-hydroxylation sites is 1. The van der Waals surface area contributed by atoms with Gasteiger partial charge in [-0.3, -0.25) is 9.59 Å². The number of ether oxygens (including phenoxy) is 2. The van der Waals surface area contributed by atoms with Gasteiger partial charge in [-0.1, -0.05) is 18.2 Å². The molecule has 0 bridgehead atoms. The highest BCUT2D eigenvalue weighted by atomic mass is 16.5. The van der Waals surface area contributed by atoms with Gasteiger partial charge in [0.05, 0.1) is 6.42 Å². The van der Waals surface area contributed by atoms with E-state index in [9.17, 15) is 14.4 Å². The van der Waals surface area contributed by atoms with E-state index in [-0.39, 0.29) is 30.5 Å². The Balaban J connectivity index is 1.32. The Morgan fingerprint density at radius 3 is 2.67 bits per heavy atom. The van der Waals surface area contributed by atoms with Crippen molar-refractivity contribution in [3.8, 4) is 5.75 Å². The first kappa shape index (κ1) is 19.4. The molecule has 2 heterocycles. The molecule has 0 saturated carbocycles. The average molecular weight is 405 g/mol. The summed E-state index contributed by atoms with van der Waals surface area (Å²) in [5, 5.41) is 0. The summed E-state index contributed by atoms with van der Waals surface area (Å²) < 4.78 is 16.1. The highest BCUT2D eigenvalue weighted by molar-refractivity contribution is 6.04. The van der Waals surface area contributed by atoms with Crippen molar-refractivity contribution in [2.24, 2.45) is 0 Å². The number of likely N-dealkylation sites (N-methyl/N-ethyl adjacent to an activating group) is 1. The number of fused-ring (bicyclic) bond motifs is 1. The second-order valence-electron chi connectivity index (χ2n) is 6.84. The van der Waals surface area contributed by atoms with Crippen LogP contribution < -0.4 is 9.64 Å². The number of carbonyl (C=O) groups is 3. The number of amides is 1. The third kappa shape index (κ3) is 4.10. The lowest BCUT2D eigenvalue weighted by Crippen LogP contribution is -2.20. The van der Waals surface area contributed by atoms with E-state index < -0.39 is 12.6 Å². The summed E-state index contributed by atoms with van der Waals surface area (Å²) in [6, 6.07) is 17.3. The number of hydrogen-bond acceptors (Lipinski definition) is 6. The van der Waals surface area contributed by atoms with Crippen LogP contribution in [0.3, 0.4) is 0 Å². The number of hydrogen-bond donors (Lipinski definition) is 0. The number of furan rings is 1. The summed E-state index contributed by atoms with van der Waals surface area (Å²) in [5.74, 6) is 0.0367.